The second kappa shape index (κ2) is 12.7. The lowest BCUT2D eigenvalue weighted by Gasteiger charge is -2.72. The van der Waals surface area contributed by atoms with Crippen LogP contribution in [0.2, 0.25) is 0 Å². The third kappa shape index (κ3) is 5.69. The van der Waals surface area contributed by atoms with Crippen molar-refractivity contribution in [1.82, 2.24) is 4.90 Å². The van der Waals surface area contributed by atoms with Gasteiger partial charge in [-0.15, -0.1) is 0 Å². The van der Waals surface area contributed by atoms with Gasteiger partial charge in [-0.3, -0.25) is 9.00 Å². The number of hydrogen-bond acceptors (Lipinski definition) is 4. The molecule has 0 amide bonds. The number of ketones is 1. The molecule has 51 heavy (non-hydrogen) atoms. The minimum Gasteiger partial charge on any atom is -0.478 e. The lowest BCUT2D eigenvalue weighted by atomic mass is 9.32. The summed E-state index contributed by atoms with van der Waals surface area (Å²) in [6, 6.07) is 7.55. The van der Waals surface area contributed by atoms with Crippen molar-refractivity contribution < 1.29 is 18.9 Å². The highest BCUT2D eigenvalue weighted by Crippen LogP contribution is 2.78. The summed E-state index contributed by atoms with van der Waals surface area (Å²) >= 11 is 0. The molecule has 9 atom stereocenters. The first-order chi connectivity index (χ1) is 23.9. The Kier molecular flexibility index (Phi) is 9.26. The summed E-state index contributed by atoms with van der Waals surface area (Å²) in [4.78, 5) is 28.6. The molecule has 280 valence electrons. The highest BCUT2D eigenvalue weighted by atomic mass is 32.2. The number of hydrogen-bond donors (Lipinski definition) is 1. The molecule has 1 aromatic rings. The van der Waals surface area contributed by atoms with E-state index in [1.165, 1.54) is 36.8 Å². The lowest BCUT2D eigenvalue weighted by Crippen LogP contribution is -2.65. The van der Waals surface area contributed by atoms with E-state index in [0.717, 1.165) is 63.7 Å². The Morgan fingerprint density at radius 1 is 0.902 bits per heavy atom. The van der Waals surface area contributed by atoms with E-state index in [9.17, 15) is 18.9 Å². The number of rotatable bonds is 8. The van der Waals surface area contributed by atoms with Crippen molar-refractivity contribution in [3.63, 3.8) is 0 Å². The Balaban J connectivity index is 1.14. The molecule has 5 nitrogen and oxygen atoms in total. The fourth-order valence-electron chi connectivity index (χ4n) is 14.3. The summed E-state index contributed by atoms with van der Waals surface area (Å²) in [6.45, 7) is 22.2. The number of aromatic carboxylic acids is 1. The van der Waals surface area contributed by atoms with Crippen LogP contribution in [0.5, 0.6) is 0 Å². The summed E-state index contributed by atoms with van der Waals surface area (Å²) in [5.74, 6) is 7.52. The minimum atomic E-state index is -1.90. The molecule has 0 aromatic heterocycles. The number of benzene rings is 1. The number of allylic oxidation sites excluding steroid dienone is 3. The van der Waals surface area contributed by atoms with Crippen LogP contribution in [0.25, 0.3) is 5.57 Å². The van der Waals surface area contributed by atoms with E-state index in [4.69, 9.17) is 0 Å². The van der Waals surface area contributed by atoms with Gasteiger partial charge in [-0.1, -0.05) is 65.0 Å². The van der Waals surface area contributed by atoms with Crippen molar-refractivity contribution in [3.8, 4) is 0 Å². The Morgan fingerprint density at radius 2 is 1.59 bits per heavy atom. The third-order valence-corrected chi connectivity index (χ3v) is 18.9. The van der Waals surface area contributed by atoms with E-state index in [0.29, 0.717) is 58.9 Å². The fraction of sp³-hybridized carbons (Fsp3) is 0.711. The molecule has 0 bridgehead atoms. The number of Topliss-reactive ketones (excluding diaryl/α,β-unsaturated/α-hetero) is 1. The summed E-state index contributed by atoms with van der Waals surface area (Å²) in [5, 5.41) is 9.49. The SMILES string of the molecule is C=C(C)[C@@H]1CC[C@]2(C(=O)CCCN3CCS(=C)(=O)CC3)CC[C@]3(C)[C@H](CC[C@@H]4[C@@]5(C)CC=C(c6ccc(C(=O)O)cc6)C(C)(C)[C@@H]5CC[C@]43C)[C@@H]12. The predicted molar refractivity (Wildman–Crippen MR) is 211 cm³/mol. The average molecular weight is 716 g/mol. The zero-order valence-corrected chi connectivity index (χ0v) is 33.3. The van der Waals surface area contributed by atoms with Gasteiger partial charge in [0.2, 0.25) is 0 Å². The molecule has 1 aliphatic heterocycles. The number of nitrogens with zero attached hydrogens (tertiary/aromatic N) is 1. The largest absolute Gasteiger partial charge is 0.478 e. The van der Waals surface area contributed by atoms with Gasteiger partial charge in [0.05, 0.1) is 5.56 Å². The normalized spacial score (nSPS) is 41.3. The topological polar surface area (TPSA) is 74.7 Å². The Morgan fingerprint density at radius 3 is 2.24 bits per heavy atom. The highest BCUT2D eigenvalue weighted by Gasteiger charge is 2.71. The molecule has 1 saturated heterocycles. The van der Waals surface area contributed by atoms with Crippen molar-refractivity contribution in [3.05, 3.63) is 53.6 Å². The van der Waals surface area contributed by atoms with Gasteiger partial charge < -0.3 is 10.0 Å². The molecule has 1 heterocycles. The van der Waals surface area contributed by atoms with E-state index in [-0.39, 0.29) is 27.1 Å². The van der Waals surface area contributed by atoms with Gasteiger partial charge in [0.15, 0.2) is 0 Å². The number of carboxylic acid groups (broad SMARTS) is 1. The zero-order chi connectivity index (χ0) is 36.8. The molecule has 7 rings (SSSR count). The molecule has 6 aliphatic rings. The van der Waals surface area contributed by atoms with Crippen molar-refractivity contribution in [1.29, 1.82) is 0 Å². The van der Waals surface area contributed by atoms with Crippen LogP contribution < -0.4 is 0 Å². The van der Waals surface area contributed by atoms with Crippen LogP contribution in [0.4, 0.5) is 0 Å². The first-order valence-electron chi connectivity index (χ1n) is 20.2. The maximum Gasteiger partial charge on any atom is 0.335 e. The maximum absolute atomic E-state index is 14.6. The van der Waals surface area contributed by atoms with E-state index >= 15 is 0 Å². The maximum atomic E-state index is 14.6. The highest BCUT2D eigenvalue weighted by molar-refractivity contribution is 8.00. The van der Waals surface area contributed by atoms with E-state index in [2.05, 4.69) is 65.0 Å². The molecular weight excluding hydrogens is 651 g/mol. The van der Waals surface area contributed by atoms with Crippen LogP contribution in [0.3, 0.4) is 0 Å². The average Bonchev–Trinajstić information content (AvgIpc) is 3.47. The van der Waals surface area contributed by atoms with Crippen LogP contribution in [0.15, 0.2) is 42.5 Å². The number of carbonyl (C=O) groups excluding carboxylic acids is 1. The van der Waals surface area contributed by atoms with Crippen LogP contribution in [0.1, 0.15) is 128 Å². The molecule has 4 saturated carbocycles. The van der Waals surface area contributed by atoms with E-state index in [1.807, 2.05) is 12.1 Å². The Bertz CT molecular complexity index is 1710. The van der Waals surface area contributed by atoms with Gasteiger partial charge in [-0.2, -0.15) is 0 Å². The van der Waals surface area contributed by atoms with Crippen LogP contribution in [-0.2, 0) is 14.3 Å². The number of carbonyl (C=O) groups is 2. The summed E-state index contributed by atoms with van der Waals surface area (Å²) in [7, 11) is -1.90. The van der Waals surface area contributed by atoms with Gasteiger partial charge in [0.1, 0.15) is 5.78 Å². The predicted octanol–water partition coefficient (Wildman–Crippen LogP) is 9.42. The first kappa shape index (κ1) is 37.1. The van der Waals surface area contributed by atoms with Crippen molar-refractivity contribution in [2.45, 2.75) is 112 Å². The lowest BCUT2D eigenvalue weighted by molar-refractivity contribution is -0.224. The third-order valence-electron chi connectivity index (χ3n) is 17.1. The monoisotopic (exact) mass is 715 g/mol. The summed E-state index contributed by atoms with van der Waals surface area (Å²) in [6.07, 6.45) is 14.4. The Hall–Kier alpha value is -2.18. The first-order valence-corrected chi connectivity index (χ1v) is 22.2. The second-order valence-corrected chi connectivity index (χ2v) is 22.3. The molecular formula is C45H65NO4S. The van der Waals surface area contributed by atoms with Gasteiger partial charge in [-0.05, 0) is 168 Å². The van der Waals surface area contributed by atoms with Gasteiger partial charge in [-0.25, -0.2) is 4.79 Å². The molecule has 1 N–H and O–H groups in total. The molecule has 5 aliphatic carbocycles. The van der Waals surface area contributed by atoms with Crippen LogP contribution >= 0.6 is 0 Å². The van der Waals surface area contributed by atoms with Crippen molar-refractivity contribution >= 4 is 32.7 Å². The van der Waals surface area contributed by atoms with E-state index < -0.39 is 15.5 Å². The van der Waals surface area contributed by atoms with E-state index in [1.54, 1.807) is 12.1 Å². The summed E-state index contributed by atoms with van der Waals surface area (Å²) in [5.41, 5.74) is 4.55. The van der Waals surface area contributed by atoms with Crippen LogP contribution in [0, 0.1) is 56.7 Å². The molecule has 0 spiro atoms. The molecule has 0 unspecified atom stereocenters. The van der Waals surface area contributed by atoms with Gasteiger partial charge in [0, 0.05) is 36.4 Å². The minimum absolute atomic E-state index is 0.0115. The molecule has 1 aromatic carbocycles. The number of carboxylic acids is 1. The van der Waals surface area contributed by atoms with Crippen molar-refractivity contribution in [2.24, 2.45) is 56.7 Å². The van der Waals surface area contributed by atoms with Crippen LogP contribution in [-0.4, -0.2) is 63.0 Å². The standard InChI is InChI=1S/C45H65NO4S/c1-30(2)33-17-22-45(38(47)10-9-25-46-26-28-51(8,50)29-27-46)24-23-43(6)35(39(33)45)15-16-37-42(5)20-18-34(31-11-13-32(14-12-31)40(48)49)41(3,4)36(42)19-21-44(37,43)7/h11-14,18,33,35-37,39H,1,8-10,15-17,19-29H2,2-7H3,(H,48,49)/t33-,35+,36-,37+,39+,42-,43+,44+,45+/m0/s1. The molecule has 5 fully saturated rings. The molecule has 6 heteroatoms. The van der Waals surface area contributed by atoms with Gasteiger partial charge >= 0.3 is 5.97 Å². The fourth-order valence-corrected chi connectivity index (χ4v) is 15.6. The smallest absolute Gasteiger partial charge is 0.335 e. The van der Waals surface area contributed by atoms with Crippen molar-refractivity contribution in [2.75, 3.05) is 31.1 Å². The Labute approximate surface area is 309 Å². The zero-order valence-electron chi connectivity index (χ0n) is 32.5. The number of fused-ring (bicyclic) bond motifs is 7. The van der Waals surface area contributed by atoms with Gasteiger partial charge in [0.25, 0.3) is 0 Å². The molecule has 0 radical (unpaired) electrons. The summed E-state index contributed by atoms with van der Waals surface area (Å²) < 4.78 is 12.4. The second-order valence-electron chi connectivity index (χ2n) is 19.5. The quantitative estimate of drug-likeness (QED) is 0.215.